The van der Waals surface area contributed by atoms with Crippen molar-refractivity contribution in [2.24, 2.45) is 0 Å². The fourth-order valence-corrected chi connectivity index (χ4v) is 2.29. The summed E-state index contributed by atoms with van der Waals surface area (Å²) in [7, 11) is 0. The third kappa shape index (κ3) is 4.41. The first-order valence-electron chi connectivity index (χ1n) is 4.82. The summed E-state index contributed by atoms with van der Waals surface area (Å²) in [5, 5.41) is 0. The van der Waals surface area contributed by atoms with Crippen molar-refractivity contribution < 1.29 is 9.53 Å². The van der Waals surface area contributed by atoms with Gasteiger partial charge in [0.2, 0.25) is 0 Å². The summed E-state index contributed by atoms with van der Waals surface area (Å²) in [6.45, 7) is 7.33. The molecule has 0 saturated carbocycles. The molecule has 0 aliphatic heterocycles. The van der Waals surface area contributed by atoms with Gasteiger partial charge in [0.25, 0.3) is 0 Å². The second-order valence-electron chi connectivity index (χ2n) is 3.44. The molecule has 1 aromatic carbocycles. The van der Waals surface area contributed by atoms with E-state index in [4.69, 9.17) is 4.74 Å². The van der Waals surface area contributed by atoms with E-state index in [0.717, 1.165) is 9.37 Å². The van der Waals surface area contributed by atoms with Gasteiger partial charge in [0.05, 0.1) is 11.0 Å². The molecule has 1 aromatic rings. The highest BCUT2D eigenvalue weighted by Gasteiger charge is 2.11. The van der Waals surface area contributed by atoms with Crippen molar-refractivity contribution in [1.29, 1.82) is 0 Å². The van der Waals surface area contributed by atoms with Gasteiger partial charge in [-0.3, -0.25) is 0 Å². The average molecular weight is 301 g/mol. The van der Waals surface area contributed by atoms with E-state index >= 15 is 0 Å². The monoisotopic (exact) mass is 300 g/mol. The minimum atomic E-state index is -0.361. The second kappa shape index (κ2) is 6.11. The largest absolute Gasteiger partial charge is 0.459 e. The van der Waals surface area contributed by atoms with E-state index in [2.05, 4.69) is 22.5 Å². The zero-order chi connectivity index (χ0) is 12.1. The van der Waals surface area contributed by atoms with E-state index in [1.807, 2.05) is 38.1 Å². The number of esters is 1. The number of thioether (sulfide) groups is 1. The summed E-state index contributed by atoms with van der Waals surface area (Å²) in [4.78, 5) is 12.8. The van der Waals surface area contributed by atoms with Gasteiger partial charge in [-0.25, -0.2) is 4.79 Å². The highest BCUT2D eigenvalue weighted by Crippen LogP contribution is 2.28. The van der Waals surface area contributed by atoms with Gasteiger partial charge in [-0.05, 0) is 32.0 Å². The standard InChI is InChI=1S/C12H13BrO2S/c1-8(2)15-12(14)9(3)16-11-6-4-5-10(13)7-11/h4-8H,3H2,1-2H3. The van der Waals surface area contributed by atoms with Crippen LogP contribution in [0.3, 0.4) is 0 Å². The van der Waals surface area contributed by atoms with Crippen LogP contribution in [0.1, 0.15) is 13.8 Å². The van der Waals surface area contributed by atoms with Crippen molar-refractivity contribution in [3.8, 4) is 0 Å². The van der Waals surface area contributed by atoms with E-state index in [9.17, 15) is 4.79 Å². The molecule has 0 fully saturated rings. The molecule has 4 heteroatoms. The van der Waals surface area contributed by atoms with Crippen molar-refractivity contribution in [2.75, 3.05) is 0 Å². The molecule has 0 bridgehead atoms. The van der Waals surface area contributed by atoms with E-state index < -0.39 is 0 Å². The number of rotatable bonds is 4. The molecular weight excluding hydrogens is 288 g/mol. The van der Waals surface area contributed by atoms with Gasteiger partial charge in [-0.1, -0.05) is 40.3 Å². The lowest BCUT2D eigenvalue weighted by molar-refractivity contribution is -0.141. The zero-order valence-electron chi connectivity index (χ0n) is 9.20. The van der Waals surface area contributed by atoms with E-state index in [0.29, 0.717) is 4.91 Å². The minimum absolute atomic E-state index is 0.118. The highest BCUT2D eigenvalue weighted by atomic mass is 79.9. The predicted molar refractivity (Wildman–Crippen MR) is 70.4 cm³/mol. The number of hydrogen-bond acceptors (Lipinski definition) is 3. The minimum Gasteiger partial charge on any atom is -0.459 e. The Balaban J connectivity index is 2.61. The maximum absolute atomic E-state index is 11.5. The van der Waals surface area contributed by atoms with Crippen molar-refractivity contribution >= 4 is 33.7 Å². The quantitative estimate of drug-likeness (QED) is 0.477. The average Bonchev–Trinajstić information content (AvgIpc) is 2.16. The molecule has 0 aliphatic carbocycles. The molecule has 2 nitrogen and oxygen atoms in total. The molecule has 0 aromatic heterocycles. The Morgan fingerprint density at radius 3 is 2.75 bits per heavy atom. The van der Waals surface area contributed by atoms with Crippen LogP contribution in [0, 0.1) is 0 Å². The fourth-order valence-electron chi connectivity index (χ4n) is 0.994. The summed E-state index contributed by atoms with van der Waals surface area (Å²) >= 11 is 4.68. The van der Waals surface area contributed by atoms with E-state index in [1.54, 1.807) is 0 Å². The third-order valence-corrected chi connectivity index (χ3v) is 3.00. The normalized spacial score (nSPS) is 10.2. The van der Waals surface area contributed by atoms with Gasteiger partial charge < -0.3 is 4.74 Å². The van der Waals surface area contributed by atoms with Crippen LogP contribution in [0.2, 0.25) is 0 Å². The molecule has 0 atom stereocenters. The summed E-state index contributed by atoms with van der Waals surface area (Å²) < 4.78 is 6.02. The van der Waals surface area contributed by atoms with Crippen LogP contribution < -0.4 is 0 Å². The van der Waals surface area contributed by atoms with Crippen LogP contribution in [0.25, 0.3) is 0 Å². The van der Waals surface area contributed by atoms with Gasteiger partial charge in [-0.2, -0.15) is 0 Å². The molecule has 0 radical (unpaired) electrons. The van der Waals surface area contributed by atoms with Crippen LogP contribution >= 0.6 is 27.7 Å². The summed E-state index contributed by atoms with van der Waals surface area (Å²) in [5.41, 5.74) is 0. The SMILES string of the molecule is C=C(Sc1cccc(Br)c1)C(=O)OC(C)C. The smallest absolute Gasteiger partial charge is 0.344 e. The fraction of sp³-hybridized carbons (Fsp3) is 0.250. The number of carbonyl (C=O) groups is 1. The van der Waals surface area contributed by atoms with Gasteiger partial charge in [0.1, 0.15) is 0 Å². The molecule has 0 saturated heterocycles. The predicted octanol–water partition coefficient (Wildman–Crippen LogP) is 4.01. The maximum atomic E-state index is 11.5. The van der Waals surface area contributed by atoms with Crippen molar-refractivity contribution in [1.82, 2.24) is 0 Å². The Bertz CT molecular complexity index is 402. The van der Waals surface area contributed by atoms with Crippen LogP contribution in [0.4, 0.5) is 0 Å². The molecule has 16 heavy (non-hydrogen) atoms. The van der Waals surface area contributed by atoms with Gasteiger partial charge in [-0.15, -0.1) is 0 Å². The second-order valence-corrected chi connectivity index (χ2v) is 5.52. The van der Waals surface area contributed by atoms with Crippen LogP contribution in [0.5, 0.6) is 0 Å². The highest BCUT2D eigenvalue weighted by molar-refractivity contribution is 9.10. The zero-order valence-corrected chi connectivity index (χ0v) is 11.6. The van der Waals surface area contributed by atoms with Crippen molar-refractivity contribution in [2.45, 2.75) is 24.8 Å². The van der Waals surface area contributed by atoms with Gasteiger partial charge in [0, 0.05) is 9.37 Å². The Labute approximate surface area is 108 Å². The maximum Gasteiger partial charge on any atom is 0.344 e. The lowest BCUT2D eigenvalue weighted by Gasteiger charge is -2.09. The number of carbonyl (C=O) groups excluding carboxylic acids is 1. The molecule has 0 amide bonds. The number of halogens is 1. The molecule has 0 heterocycles. The van der Waals surface area contributed by atoms with Gasteiger partial charge >= 0.3 is 5.97 Å². The third-order valence-electron chi connectivity index (χ3n) is 1.61. The van der Waals surface area contributed by atoms with Crippen molar-refractivity contribution in [3.63, 3.8) is 0 Å². The van der Waals surface area contributed by atoms with Crippen molar-refractivity contribution in [3.05, 3.63) is 40.2 Å². The lowest BCUT2D eigenvalue weighted by Crippen LogP contribution is -2.11. The Hall–Kier alpha value is -0.740. The number of benzene rings is 1. The Kier molecular flexibility index (Phi) is 5.09. The molecule has 1 rings (SSSR count). The Morgan fingerprint density at radius 1 is 1.50 bits per heavy atom. The first-order chi connectivity index (χ1) is 7.49. The van der Waals surface area contributed by atoms with Crippen LogP contribution in [-0.2, 0) is 9.53 Å². The summed E-state index contributed by atoms with van der Waals surface area (Å²) in [6.07, 6.45) is -0.118. The van der Waals surface area contributed by atoms with Crippen LogP contribution in [0.15, 0.2) is 45.1 Å². The van der Waals surface area contributed by atoms with Gasteiger partial charge in [0.15, 0.2) is 0 Å². The molecule has 0 N–H and O–H groups in total. The molecule has 0 unspecified atom stereocenters. The topological polar surface area (TPSA) is 26.3 Å². The van der Waals surface area contributed by atoms with Crippen LogP contribution in [-0.4, -0.2) is 12.1 Å². The van der Waals surface area contributed by atoms with E-state index in [1.165, 1.54) is 11.8 Å². The lowest BCUT2D eigenvalue weighted by atomic mass is 10.4. The molecule has 0 aliphatic rings. The summed E-state index contributed by atoms with van der Waals surface area (Å²) in [5.74, 6) is -0.361. The summed E-state index contributed by atoms with van der Waals surface area (Å²) in [6, 6.07) is 7.69. The molecule has 86 valence electrons. The first-order valence-corrected chi connectivity index (χ1v) is 6.43. The van der Waals surface area contributed by atoms with E-state index in [-0.39, 0.29) is 12.1 Å². The number of ether oxygens (including phenoxy) is 1. The number of hydrogen-bond donors (Lipinski definition) is 0. The Morgan fingerprint density at radius 2 is 2.19 bits per heavy atom. The first kappa shape index (κ1) is 13.3. The molecule has 0 spiro atoms. The molecular formula is C12H13BrO2S.